The second kappa shape index (κ2) is 5.53. The molecule has 0 saturated carbocycles. The van der Waals surface area contributed by atoms with Crippen LogP contribution in [0.15, 0.2) is 30.0 Å². The fraction of sp³-hybridized carbons (Fsp3) is 0.214. The molecule has 7 heteroatoms. The minimum Gasteiger partial charge on any atom is -0.294 e. The van der Waals surface area contributed by atoms with Crippen molar-refractivity contribution in [1.82, 2.24) is 25.0 Å². The third-order valence-electron chi connectivity index (χ3n) is 2.94. The Morgan fingerprint density at radius 1 is 1.33 bits per heavy atom. The first-order chi connectivity index (χ1) is 10.1. The van der Waals surface area contributed by atoms with Crippen LogP contribution in [0.25, 0.3) is 11.3 Å². The fourth-order valence-corrected chi connectivity index (χ4v) is 2.63. The average molecular weight is 299 g/mol. The molecule has 0 atom stereocenters. The molecule has 0 aliphatic heterocycles. The van der Waals surface area contributed by atoms with Gasteiger partial charge in [-0.05, 0) is 19.9 Å². The number of carbonyl (C=O) groups is 1. The predicted molar refractivity (Wildman–Crippen MR) is 79.2 cm³/mol. The lowest BCUT2D eigenvalue weighted by Crippen LogP contribution is -2.03. The molecule has 3 aromatic rings. The molecule has 0 aliphatic rings. The minimum atomic E-state index is 0.0635. The maximum atomic E-state index is 11.3. The van der Waals surface area contributed by atoms with Gasteiger partial charge in [0.15, 0.2) is 5.78 Å². The van der Waals surface area contributed by atoms with Crippen LogP contribution in [0.5, 0.6) is 0 Å². The lowest BCUT2D eigenvalue weighted by molar-refractivity contribution is 0.102. The van der Waals surface area contributed by atoms with Crippen molar-refractivity contribution in [3.63, 3.8) is 0 Å². The van der Waals surface area contributed by atoms with Crippen molar-refractivity contribution < 1.29 is 4.79 Å². The second-order valence-corrected chi connectivity index (χ2v) is 5.62. The number of aryl methyl sites for hydroxylation is 1. The van der Waals surface area contributed by atoms with Gasteiger partial charge in [0.25, 0.3) is 0 Å². The van der Waals surface area contributed by atoms with Crippen molar-refractivity contribution >= 4 is 17.1 Å². The summed E-state index contributed by atoms with van der Waals surface area (Å²) in [6.07, 6.45) is 5.30. The SMILES string of the molecule is CC(=O)c1cc(-c2cn(Cc3cnc(C)cn3)nn2)cs1. The Hall–Kier alpha value is -2.41. The van der Waals surface area contributed by atoms with Crippen molar-refractivity contribution in [3.05, 3.63) is 46.3 Å². The Morgan fingerprint density at radius 2 is 2.19 bits per heavy atom. The quantitative estimate of drug-likeness (QED) is 0.691. The standard InChI is InChI=1S/C14H13N5OS/c1-9-4-16-12(5-15-9)6-19-7-13(17-18-19)11-3-14(10(2)20)21-8-11/h3-5,7-8H,6H2,1-2H3. The summed E-state index contributed by atoms with van der Waals surface area (Å²) in [6.45, 7) is 3.97. The Morgan fingerprint density at radius 3 is 2.86 bits per heavy atom. The minimum absolute atomic E-state index is 0.0635. The highest BCUT2D eigenvalue weighted by Crippen LogP contribution is 2.24. The van der Waals surface area contributed by atoms with Gasteiger partial charge in [-0.3, -0.25) is 14.8 Å². The summed E-state index contributed by atoms with van der Waals surface area (Å²) in [5, 5.41) is 10.1. The van der Waals surface area contributed by atoms with Gasteiger partial charge in [0.1, 0.15) is 5.69 Å². The molecule has 0 amide bonds. The van der Waals surface area contributed by atoms with Crippen LogP contribution in [0, 0.1) is 6.92 Å². The summed E-state index contributed by atoms with van der Waals surface area (Å²) in [5.74, 6) is 0.0635. The van der Waals surface area contributed by atoms with Crippen LogP contribution >= 0.6 is 11.3 Å². The van der Waals surface area contributed by atoms with Crippen molar-refractivity contribution in [2.24, 2.45) is 0 Å². The summed E-state index contributed by atoms with van der Waals surface area (Å²) < 4.78 is 1.71. The molecule has 0 bridgehead atoms. The summed E-state index contributed by atoms with van der Waals surface area (Å²) in [6, 6.07) is 1.84. The summed E-state index contributed by atoms with van der Waals surface area (Å²) in [5.41, 5.74) is 3.37. The molecule has 21 heavy (non-hydrogen) atoms. The van der Waals surface area contributed by atoms with Gasteiger partial charge in [0.2, 0.25) is 0 Å². The van der Waals surface area contributed by atoms with Crippen molar-refractivity contribution in [2.75, 3.05) is 0 Å². The number of rotatable bonds is 4. The van der Waals surface area contributed by atoms with Crippen LogP contribution in [0.4, 0.5) is 0 Å². The number of aromatic nitrogens is 5. The third kappa shape index (κ3) is 3.03. The number of thiophene rings is 1. The Kier molecular flexibility index (Phi) is 3.57. The van der Waals surface area contributed by atoms with Crippen LogP contribution in [-0.2, 0) is 6.54 Å². The van der Waals surface area contributed by atoms with Crippen LogP contribution in [-0.4, -0.2) is 30.7 Å². The molecule has 0 saturated heterocycles. The molecule has 3 aromatic heterocycles. The van der Waals surface area contributed by atoms with E-state index in [9.17, 15) is 4.79 Å². The number of hydrogen-bond donors (Lipinski definition) is 0. The van der Waals surface area contributed by atoms with Gasteiger partial charge in [-0.15, -0.1) is 16.4 Å². The Bertz CT molecular complexity index is 775. The summed E-state index contributed by atoms with van der Waals surface area (Å²) in [7, 11) is 0. The highest BCUT2D eigenvalue weighted by atomic mass is 32.1. The molecule has 0 aromatic carbocycles. The first kappa shape index (κ1) is 13.6. The van der Waals surface area contributed by atoms with Crippen LogP contribution in [0.2, 0.25) is 0 Å². The van der Waals surface area contributed by atoms with E-state index >= 15 is 0 Å². The van der Waals surface area contributed by atoms with E-state index < -0.39 is 0 Å². The number of Topliss-reactive ketones (excluding diaryl/α,β-unsaturated/α-hetero) is 1. The van der Waals surface area contributed by atoms with Crippen molar-refractivity contribution in [1.29, 1.82) is 0 Å². The molecule has 0 fully saturated rings. The van der Waals surface area contributed by atoms with E-state index in [2.05, 4.69) is 20.3 Å². The molecule has 0 aliphatic carbocycles. The van der Waals surface area contributed by atoms with Gasteiger partial charge in [0.05, 0.1) is 35.2 Å². The van der Waals surface area contributed by atoms with Crippen LogP contribution < -0.4 is 0 Å². The van der Waals surface area contributed by atoms with Gasteiger partial charge in [0, 0.05) is 17.1 Å². The topological polar surface area (TPSA) is 73.6 Å². The fourth-order valence-electron chi connectivity index (χ4n) is 1.83. The lowest BCUT2D eigenvalue weighted by Gasteiger charge is -1.99. The molecule has 3 rings (SSSR count). The zero-order valence-electron chi connectivity index (χ0n) is 11.6. The zero-order chi connectivity index (χ0) is 14.8. The molecule has 0 radical (unpaired) electrons. The first-order valence-electron chi connectivity index (χ1n) is 6.39. The van der Waals surface area contributed by atoms with E-state index in [-0.39, 0.29) is 5.78 Å². The molecule has 0 unspecified atom stereocenters. The van der Waals surface area contributed by atoms with Gasteiger partial charge >= 0.3 is 0 Å². The number of ketones is 1. The Labute approximate surface area is 125 Å². The maximum absolute atomic E-state index is 11.3. The summed E-state index contributed by atoms with van der Waals surface area (Å²) >= 11 is 1.42. The zero-order valence-corrected chi connectivity index (χ0v) is 12.5. The normalized spacial score (nSPS) is 10.8. The molecule has 6 nitrogen and oxygen atoms in total. The highest BCUT2D eigenvalue weighted by Gasteiger charge is 2.09. The molecule has 0 N–H and O–H groups in total. The van der Waals surface area contributed by atoms with E-state index in [1.807, 2.05) is 24.6 Å². The number of nitrogens with zero attached hydrogens (tertiary/aromatic N) is 5. The van der Waals surface area contributed by atoms with E-state index in [0.717, 1.165) is 27.5 Å². The molecule has 0 spiro atoms. The van der Waals surface area contributed by atoms with Gasteiger partial charge in [-0.2, -0.15) is 0 Å². The molecule has 106 valence electrons. The third-order valence-corrected chi connectivity index (χ3v) is 3.97. The van der Waals surface area contributed by atoms with Gasteiger partial charge in [-0.25, -0.2) is 4.68 Å². The van der Waals surface area contributed by atoms with Crippen molar-refractivity contribution in [2.45, 2.75) is 20.4 Å². The first-order valence-corrected chi connectivity index (χ1v) is 7.27. The van der Waals surface area contributed by atoms with Crippen molar-refractivity contribution in [3.8, 4) is 11.3 Å². The van der Waals surface area contributed by atoms with E-state index in [4.69, 9.17) is 0 Å². The van der Waals surface area contributed by atoms with E-state index in [0.29, 0.717) is 6.54 Å². The molecule has 3 heterocycles. The summed E-state index contributed by atoms with van der Waals surface area (Å²) in [4.78, 5) is 20.5. The second-order valence-electron chi connectivity index (χ2n) is 4.71. The number of carbonyl (C=O) groups excluding carboxylic acids is 1. The molecular formula is C14H13N5OS. The van der Waals surface area contributed by atoms with Gasteiger partial charge < -0.3 is 0 Å². The largest absolute Gasteiger partial charge is 0.294 e. The lowest BCUT2D eigenvalue weighted by atomic mass is 10.2. The highest BCUT2D eigenvalue weighted by molar-refractivity contribution is 7.12. The van der Waals surface area contributed by atoms with Gasteiger partial charge in [-0.1, -0.05) is 5.21 Å². The van der Waals surface area contributed by atoms with E-state index in [1.54, 1.807) is 24.0 Å². The van der Waals surface area contributed by atoms with Crippen LogP contribution in [0.3, 0.4) is 0 Å². The van der Waals surface area contributed by atoms with E-state index in [1.165, 1.54) is 11.3 Å². The van der Waals surface area contributed by atoms with Crippen LogP contribution in [0.1, 0.15) is 28.0 Å². The predicted octanol–water partition coefficient (Wildman–Crippen LogP) is 2.36. The number of hydrogen-bond acceptors (Lipinski definition) is 6. The molecular weight excluding hydrogens is 286 g/mol. The Balaban J connectivity index is 1.79. The monoisotopic (exact) mass is 299 g/mol. The maximum Gasteiger partial charge on any atom is 0.169 e. The smallest absolute Gasteiger partial charge is 0.169 e. The average Bonchev–Trinajstić information content (AvgIpc) is 3.10.